The highest BCUT2D eigenvalue weighted by Gasteiger charge is 2.30. The Morgan fingerprint density at radius 3 is 2.22 bits per heavy atom. The summed E-state index contributed by atoms with van der Waals surface area (Å²) in [6.45, 7) is 0. The van der Waals surface area contributed by atoms with Gasteiger partial charge in [-0.3, -0.25) is 4.79 Å². The van der Waals surface area contributed by atoms with E-state index in [1.165, 1.54) is 18.2 Å². The van der Waals surface area contributed by atoms with Gasteiger partial charge in [0.25, 0.3) is 0 Å². The first-order valence-corrected chi connectivity index (χ1v) is 6.80. The molecular formula is C16H11ClF3NO2. The molecule has 0 saturated carbocycles. The molecule has 0 unspecified atom stereocenters. The van der Waals surface area contributed by atoms with Gasteiger partial charge < -0.3 is 10.1 Å². The number of alkyl halides is 3. The fourth-order valence-electron chi connectivity index (χ4n) is 1.67. The van der Waals surface area contributed by atoms with Crippen LogP contribution < -0.4 is 10.1 Å². The number of benzene rings is 2. The fraction of sp³-hybridized carbons (Fsp3) is 0.0625. The minimum atomic E-state index is -4.74. The molecule has 2 aromatic rings. The van der Waals surface area contributed by atoms with Crippen molar-refractivity contribution in [2.75, 3.05) is 5.32 Å². The van der Waals surface area contributed by atoms with Crippen molar-refractivity contribution in [1.29, 1.82) is 0 Å². The highest BCUT2D eigenvalue weighted by Crippen LogP contribution is 2.23. The molecule has 1 amide bonds. The van der Waals surface area contributed by atoms with Gasteiger partial charge in [0.2, 0.25) is 5.91 Å². The van der Waals surface area contributed by atoms with Gasteiger partial charge in [-0.2, -0.15) is 0 Å². The Balaban J connectivity index is 1.93. The average Bonchev–Trinajstić information content (AvgIpc) is 2.47. The molecule has 0 bridgehead atoms. The third-order valence-electron chi connectivity index (χ3n) is 2.65. The number of carbonyl (C=O) groups is 1. The molecular weight excluding hydrogens is 331 g/mol. The van der Waals surface area contributed by atoms with Crippen molar-refractivity contribution in [3.63, 3.8) is 0 Å². The number of hydrogen-bond donors (Lipinski definition) is 1. The average molecular weight is 342 g/mol. The number of rotatable bonds is 4. The fourth-order valence-corrected chi connectivity index (χ4v) is 1.80. The summed E-state index contributed by atoms with van der Waals surface area (Å²) in [7, 11) is 0. The Hall–Kier alpha value is -2.47. The van der Waals surface area contributed by atoms with Crippen LogP contribution in [0.15, 0.2) is 54.6 Å². The van der Waals surface area contributed by atoms with Gasteiger partial charge in [0, 0.05) is 16.8 Å². The molecule has 0 fully saturated rings. The normalized spacial score (nSPS) is 11.5. The van der Waals surface area contributed by atoms with Crippen molar-refractivity contribution < 1.29 is 22.7 Å². The second-order valence-corrected chi connectivity index (χ2v) is 4.88. The molecule has 0 spiro atoms. The van der Waals surface area contributed by atoms with E-state index in [-0.39, 0.29) is 5.75 Å². The van der Waals surface area contributed by atoms with Crippen LogP contribution in [0.2, 0.25) is 5.02 Å². The zero-order valence-corrected chi connectivity index (χ0v) is 12.4. The van der Waals surface area contributed by atoms with E-state index < -0.39 is 12.3 Å². The van der Waals surface area contributed by atoms with Gasteiger partial charge in [0.15, 0.2) is 0 Å². The van der Waals surface area contributed by atoms with Crippen molar-refractivity contribution in [1.82, 2.24) is 0 Å². The van der Waals surface area contributed by atoms with Crippen LogP contribution in [0.3, 0.4) is 0 Å². The number of anilines is 1. The van der Waals surface area contributed by atoms with Gasteiger partial charge in [0.1, 0.15) is 5.75 Å². The number of halogens is 4. The van der Waals surface area contributed by atoms with Crippen LogP contribution >= 0.6 is 11.6 Å². The summed E-state index contributed by atoms with van der Waals surface area (Å²) < 4.78 is 39.8. The minimum Gasteiger partial charge on any atom is -0.406 e. The highest BCUT2D eigenvalue weighted by molar-refractivity contribution is 6.30. The molecule has 2 rings (SSSR count). The SMILES string of the molecule is O=C(C=Cc1ccc(Cl)cc1)Nc1ccc(OC(F)(F)F)cc1. The molecule has 3 nitrogen and oxygen atoms in total. The zero-order chi connectivity index (χ0) is 16.9. The van der Waals surface area contributed by atoms with Gasteiger partial charge in [0.05, 0.1) is 0 Å². The molecule has 0 aliphatic carbocycles. The lowest BCUT2D eigenvalue weighted by atomic mass is 10.2. The van der Waals surface area contributed by atoms with Crippen LogP contribution in [-0.2, 0) is 4.79 Å². The summed E-state index contributed by atoms with van der Waals surface area (Å²) in [4.78, 5) is 11.7. The lowest BCUT2D eigenvalue weighted by molar-refractivity contribution is -0.274. The molecule has 0 aliphatic heterocycles. The van der Waals surface area contributed by atoms with E-state index in [9.17, 15) is 18.0 Å². The van der Waals surface area contributed by atoms with Gasteiger partial charge in [-0.1, -0.05) is 23.7 Å². The molecule has 0 saturated heterocycles. The Morgan fingerprint density at radius 2 is 1.65 bits per heavy atom. The summed E-state index contributed by atoms with van der Waals surface area (Å²) in [5.41, 5.74) is 1.14. The second-order valence-electron chi connectivity index (χ2n) is 4.45. The van der Waals surface area contributed by atoms with Gasteiger partial charge in [-0.15, -0.1) is 13.2 Å². The first kappa shape index (κ1) is 16.9. The summed E-state index contributed by atoms with van der Waals surface area (Å²) in [6.07, 6.45) is -1.84. The van der Waals surface area contributed by atoms with Crippen LogP contribution in [-0.4, -0.2) is 12.3 Å². The third-order valence-corrected chi connectivity index (χ3v) is 2.90. The van der Waals surface area contributed by atoms with Crippen molar-refractivity contribution in [2.24, 2.45) is 0 Å². The van der Waals surface area contributed by atoms with Crippen LogP contribution in [0.1, 0.15) is 5.56 Å². The van der Waals surface area contributed by atoms with Gasteiger partial charge in [-0.25, -0.2) is 0 Å². The van der Waals surface area contributed by atoms with Crippen molar-refractivity contribution >= 4 is 29.3 Å². The maximum atomic E-state index is 12.0. The lowest BCUT2D eigenvalue weighted by Gasteiger charge is -2.09. The maximum absolute atomic E-state index is 12.0. The molecule has 1 N–H and O–H groups in total. The van der Waals surface area contributed by atoms with E-state index in [4.69, 9.17) is 11.6 Å². The predicted octanol–water partition coefficient (Wildman–Crippen LogP) is 4.89. The summed E-state index contributed by atoms with van der Waals surface area (Å²) >= 11 is 5.75. The van der Waals surface area contributed by atoms with E-state index in [0.29, 0.717) is 10.7 Å². The van der Waals surface area contributed by atoms with E-state index in [0.717, 1.165) is 17.7 Å². The lowest BCUT2D eigenvalue weighted by Crippen LogP contribution is -2.17. The van der Waals surface area contributed by atoms with E-state index in [1.807, 2.05) is 0 Å². The van der Waals surface area contributed by atoms with Crippen molar-refractivity contribution in [3.05, 3.63) is 65.2 Å². The van der Waals surface area contributed by atoms with Crippen molar-refractivity contribution in [2.45, 2.75) is 6.36 Å². The first-order chi connectivity index (χ1) is 10.8. The van der Waals surface area contributed by atoms with Crippen molar-refractivity contribution in [3.8, 4) is 5.75 Å². The number of amides is 1. The Morgan fingerprint density at radius 1 is 1.04 bits per heavy atom. The Bertz CT molecular complexity index is 695. The Kier molecular flexibility index (Phi) is 5.28. The number of carbonyl (C=O) groups excluding carboxylic acids is 1. The zero-order valence-electron chi connectivity index (χ0n) is 11.6. The number of hydrogen-bond acceptors (Lipinski definition) is 2. The molecule has 0 aliphatic rings. The van der Waals surface area contributed by atoms with Crippen LogP contribution in [0.4, 0.5) is 18.9 Å². The summed E-state index contributed by atoms with van der Waals surface area (Å²) in [6, 6.07) is 11.7. The van der Waals surface area contributed by atoms with Gasteiger partial charge in [-0.05, 0) is 48.0 Å². The molecule has 0 radical (unpaired) electrons. The van der Waals surface area contributed by atoms with Crippen LogP contribution in [0.25, 0.3) is 6.08 Å². The summed E-state index contributed by atoms with van der Waals surface area (Å²) in [5, 5.41) is 3.12. The molecule has 23 heavy (non-hydrogen) atoms. The second kappa shape index (κ2) is 7.19. The maximum Gasteiger partial charge on any atom is 0.573 e. The molecule has 0 atom stereocenters. The number of nitrogens with one attached hydrogen (secondary N) is 1. The van der Waals surface area contributed by atoms with E-state index in [2.05, 4.69) is 10.1 Å². The quantitative estimate of drug-likeness (QED) is 0.804. The smallest absolute Gasteiger partial charge is 0.406 e. The molecule has 120 valence electrons. The van der Waals surface area contributed by atoms with Gasteiger partial charge >= 0.3 is 6.36 Å². The summed E-state index contributed by atoms with van der Waals surface area (Å²) in [5.74, 6) is -0.767. The highest BCUT2D eigenvalue weighted by atomic mass is 35.5. The standard InChI is InChI=1S/C16H11ClF3NO2/c17-12-4-1-11(2-5-12)3-10-15(22)21-13-6-8-14(9-7-13)23-16(18,19)20/h1-10H,(H,21,22). The molecule has 0 aromatic heterocycles. The third kappa shape index (κ3) is 6.04. The molecule has 7 heteroatoms. The topological polar surface area (TPSA) is 38.3 Å². The minimum absolute atomic E-state index is 0.352. The number of ether oxygens (including phenoxy) is 1. The Labute approximate surface area is 135 Å². The van der Waals surface area contributed by atoms with E-state index in [1.54, 1.807) is 30.3 Å². The predicted molar refractivity (Wildman–Crippen MR) is 82.2 cm³/mol. The van der Waals surface area contributed by atoms with E-state index >= 15 is 0 Å². The van der Waals surface area contributed by atoms with Crippen LogP contribution in [0, 0.1) is 0 Å². The monoisotopic (exact) mass is 341 g/mol. The largest absolute Gasteiger partial charge is 0.573 e. The van der Waals surface area contributed by atoms with Crippen LogP contribution in [0.5, 0.6) is 5.75 Å². The molecule has 2 aromatic carbocycles. The first-order valence-electron chi connectivity index (χ1n) is 6.42. The molecule has 0 heterocycles.